The number of aliphatic hydroxyl groups excluding tert-OH is 1. The normalized spacial score (nSPS) is 14.5. The molecule has 1 N–H and O–H groups in total. The van der Waals surface area contributed by atoms with Crippen LogP contribution in [0.5, 0.6) is 0 Å². The van der Waals surface area contributed by atoms with E-state index in [1.807, 2.05) is 13.0 Å². The summed E-state index contributed by atoms with van der Waals surface area (Å²) in [6, 6.07) is 16.8. The van der Waals surface area contributed by atoms with Gasteiger partial charge >= 0.3 is 0 Å². The van der Waals surface area contributed by atoms with E-state index in [9.17, 15) is 5.11 Å². The average Bonchev–Trinajstić information content (AvgIpc) is 2.87. The molecule has 1 heterocycles. The minimum atomic E-state index is -0.0309. The van der Waals surface area contributed by atoms with Crippen molar-refractivity contribution < 1.29 is 5.11 Å². The lowest BCUT2D eigenvalue weighted by Gasteiger charge is -2.37. The third-order valence-corrected chi connectivity index (χ3v) is 7.04. The molecule has 1 atom stereocenters. The number of aryl methyl sites for hydroxylation is 1. The summed E-state index contributed by atoms with van der Waals surface area (Å²) in [4.78, 5) is 2.07. The fourth-order valence-electron chi connectivity index (χ4n) is 4.91. The van der Waals surface area contributed by atoms with Crippen LogP contribution in [0.3, 0.4) is 0 Å². The van der Waals surface area contributed by atoms with E-state index in [4.69, 9.17) is 0 Å². The first-order valence-electron chi connectivity index (χ1n) is 13.5. The number of hydrogen-bond donors (Lipinski definition) is 1. The zero-order valence-electron chi connectivity index (χ0n) is 24.1. The third kappa shape index (κ3) is 6.55. The Kier molecular flexibility index (Phi) is 9.58. The molecule has 2 nitrogen and oxygen atoms in total. The van der Waals surface area contributed by atoms with Gasteiger partial charge in [0.25, 0.3) is 0 Å². The predicted molar refractivity (Wildman–Crippen MR) is 166 cm³/mol. The fourth-order valence-corrected chi connectivity index (χ4v) is 4.91. The van der Waals surface area contributed by atoms with Gasteiger partial charge in [-0.2, -0.15) is 0 Å². The van der Waals surface area contributed by atoms with Crippen molar-refractivity contribution >= 4 is 11.1 Å². The highest BCUT2D eigenvalue weighted by molar-refractivity contribution is 5.85. The van der Waals surface area contributed by atoms with Crippen LogP contribution in [0.25, 0.3) is 11.1 Å². The Morgan fingerprint density at radius 3 is 2.24 bits per heavy atom. The van der Waals surface area contributed by atoms with Gasteiger partial charge in [-0.15, -0.1) is 0 Å². The van der Waals surface area contributed by atoms with Crippen molar-refractivity contribution in [1.29, 1.82) is 0 Å². The summed E-state index contributed by atoms with van der Waals surface area (Å²) in [7, 11) is 0. The van der Waals surface area contributed by atoms with Gasteiger partial charge in [0.1, 0.15) is 0 Å². The molecule has 38 heavy (non-hydrogen) atoms. The number of nitrogens with zero attached hydrogens (tertiary/aromatic N) is 1. The van der Waals surface area contributed by atoms with E-state index < -0.39 is 0 Å². The van der Waals surface area contributed by atoms with Crippen LogP contribution < -0.4 is 0 Å². The van der Waals surface area contributed by atoms with E-state index in [0.717, 1.165) is 58.4 Å². The first-order valence-corrected chi connectivity index (χ1v) is 13.5. The highest BCUT2D eigenvalue weighted by atomic mass is 16.3. The van der Waals surface area contributed by atoms with Gasteiger partial charge in [0.2, 0.25) is 0 Å². The van der Waals surface area contributed by atoms with Gasteiger partial charge in [0, 0.05) is 11.3 Å². The molecule has 1 aliphatic rings. The molecule has 1 unspecified atom stereocenters. The molecule has 0 spiro atoms. The largest absolute Gasteiger partial charge is 0.494 e. The second-order valence-corrected chi connectivity index (χ2v) is 10.6. The summed E-state index contributed by atoms with van der Waals surface area (Å²) in [5, 5.41) is 11.8. The van der Waals surface area contributed by atoms with Gasteiger partial charge in [-0.05, 0) is 86.9 Å². The number of unbranched alkanes of at least 4 members (excludes halogenated alkanes) is 1. The summed E-state index contributed by atoms with van der Waals surface area (Å²) >= 11 is 0. The number of aliphatic hydroxyl groups is 1. The van der Waals surface area contributed by atoms with Crippen molar-refractivity contribution in [2.24, 2.45) is 0 Å². The Morgan fingerprint density at radius 1 is 1.00 bits per heavy atom. The highest BCUT2D eigenvalue weighted by Gasteiger charge is 2.30. The smallest absolute Gasteiger partial charge is 0.200 e. The van der Waals surface area contributed by atoms with Crippen molar-refractivity contribution in [3.05, 3.63) is 143 Å². The quantitative estimate of drug-likeness (QED) is 0.325. The van der Waals surface area contributed by atoms with Gasteiger partial charge in [-0.1, -0.05) is 110 Å². The van der Waals surface area contributed by atoms with Gasteiger partial charge in [-0.3, -0.25) is 0 Å². The number of hydrogen-bond acceptors (Lipinski definition) is 2. The lowest BCUT2D eigenvalue weighted by Crippen LogP contribution is -2.30. The lowest BCUT2D eigenvalue weighted by molar-refractivity contribution is 0.188. The van der Waals surface area contributed by atoms with Gasteiger partial charge in [0.15, 0.2) is 5.88 Å². The molecule has 0 bridgehead atoms. The molecule has 0 saturated heterocycles. The maximum Gasteiger partial charge on any atom is 0.200 e. The van der Waals surface area contributed by atoms with Crippen molar-refractivity contribution in [2.75, 3.05) is 0 Å². The van der Waals surface area contributed by atoms with Gasteiger partial charge in [-0.25, -0.2) is 0 Å². The summed E-state index contributed by atoms with van der Waals surface area (Å²) in [5.74, 6) is 0.223. The second kappa shape index (κ2) is 12.6. The van der Waals surface area contributed by atoms with Crippen LogP contribution in [0, 0.1) is 6.92 Å². The molecule has 0 radical (unpaired) electrons. The Bertz CT molecular complexity index is 1340. The molecule has 198 valence electrons. The van der Waals surface area contributed by atoms with Crippen molar-refractivity contribution in [2.45, 2.75) is 66.8 Å². The van der Waals surface area contributed by atoms with Crippen LogP contribution in [0.2, 0.25) is 0 Å². The van der Waals surface area contributed by atoms with Crippen LogP contribution >= 0.6 is 0 Å². The van der Waals surface area contributed by atoms with Crippen LogP contribution in [-0.2, 0) is 0 Å². The molecule has 1 aliphatic heterocycles. The second-order valence-electron chi connectivity index (χ2n) is 10.6. The first-order chi connectivity index (χ1) is 18.0. The van der Waals surface area contributed by atoms with E-state index in [-0.39, 0.29) is 11.9 Å². The van der Waals surface area contributed by atoms with Crippen LogP contribution in [0.4, 0.5) is 0 Å². The molecule has 2 aromatic carbocycles. The Balaban J connectivity index is 2.01. The van der Waals surface area contributed by atoms with Crippen LogP contribution in [0.1, 0.15) is 82.2 Å². The number of allylic oxidation sites excluding steroid dienone is 10. The van der Waals surface area contributed by atoms with E-state index in [0.29, 0.717) is 5.57 Å². The minimum absolute atomic E-state index is 0.0309. The zero-order valence-corrected chi connectivity index (χ0v) is 24.1. The van der Waals surface area contributed by atoms with E-state index in [1.165, 1.54) is 16.7 Å². The van der Waals surface area contributed by atoms with Crippen molar-refractivity contribution in [3.8, 4) is 0 Å². The molecule has 3 rings (SSSR count). The maximum absolute atomic E-state index is 11.8. The average molecular weight is 506 g/mol. The molecule has 0 saturated carbocycles. The summed E-state index contributed by atoms with van der Waals surface area (Å²) < 4.78 is 0. The molecule has 2 heteroatoms. The lowest BCUT2D eigenvalue weighted by atomic mass is 9.88. The van der Waals surface area contributed by atoms with E-state index in [2.05, 4.69) is 120 Å². The first kappa shape index (κ1) is 28.8. The monoisotopic (exact) mass is 505 g/mol. The standard InChI is InChI=1S/C36H43NO/c1-10-11-15-33-23-27(7)35(36(38)37(33)29(9)32-14-12-13-26(6)22-32)28(8)30-17-19-31(20-18-30)34(25(4)5)21-16-24(2)3/h12-14,16-23,29,38H,2,7-8,10-11,15H2,1,3-6,9H3/b21-16-. The number of benzene rings is 2. The SMILES string of the molecule is C=C(C)/C=C\C(=C(C)C)c1ccc(C(=C)C2=C(O)N(C(C)c3cccc(C)c3)C(CCCC)=CC2=C)cc1. The number of rotatable bonds is 10. The highest BCUT2D eigenvalue weighted by Crippen LogP contribution is 2.41. The molecule has 0 fully saturated rings. The van der Waals surface area contributed by atoms with E-state index in [1.54, 1.807) is 0 Å². The summed E-state index contributed by atoms with van der Waals surface area (Å²) in [6.07, 6.45) is 9.30. The molecule has 0 aliphatic carbocycles. The maximum atomic E-state index is 11.8. The zero-order chi connectivity index (χ0) is 28.0. The van der Waals surface area contributed by atoms with Gasteiger partial charge in [0.05, 0.1) is 6.04 Å². The van der Waals surface area contributed by atoms with Crippen molar-refractivity contribution in [1.82, 2.24) is 4.90 Å². The molecular formula is C36H43NO. The van der Waals surface area contributed by atoms with Crippen LogP contribution in [0.15, 0.2) is 120 Å². The van der Waals surface area contributed by atoms with Crippen LogP contribution in [-0.4, -0.2) is 10.0 Å². The summed E-state index contributed by atoms with van der Waals surface area (Å²) in [6.45, 7) is 25.4. The van der Waals surface area contributed by atoms with Crippen molar-refractivity contribution in [3.63, 3.8) is 0 Å². The van der Waals surface area contributed by atoms with Gasteiger partial charge < -0.3 is 10.0 Å². The Hall–Kier alpha value is -3.78. The van der Waals surface area contributed by atoms with E-state index >= 15 is 0 Å². The molecule has 0 amide bonds. The molecule has 2 aromatic rings. The Labute approximate surface area is 230 Å². The third-order valence-electron chi connectivity index (χ3n) is 7.04. The Morgan fingerprint density at radius 2 is 1.66 bits per heavy atom. The minimum Gasteiger partial charge on any atom is -0.494 e. The summed E-state index contributed by atoms with van der Waals surface area (Å²) in [5.41, 5.74) is 11.2. The topological polar surface area (TPSA) is 23.5 Å². The fraction of sp³-hybridized carbons (Fsp3) is 0.278. The molecule has 0 aromatic heterocycles. The predicted octanol–water partition coefficient (Wildman–Crippen LogP) is 10.4. The molecular weight excluding hydrogens is 462 g/mol.